The van der Waals surface area contributed by atoms with Gasteiger partial charge in [-0.1, -0.05) is 19.0 Å². The number of benzene rings is 1. The summed E-state index contributed by atoms with van der Waals surface area (Å²) in [6.45, 7) is 3.72. The van der Waals surface area contributed by atoms with Gasteiger partial charge in [-0.15, -0.1) is 0 Å². The number of aromatic hydroxyl groups is 1. The second-order valence-corrected chi connectivity index (χ2v) is 4.96. The minimum atomic E-state index is -4.67. The van der Waals surface area contributed by atoms with Crippen LogP contribution in [0.1, 0.15) is 31.3 Å². The number of phenolic OH excluding ortho intramolecular Hbond substituents is 1. The first-order chi connectivity index (χ1) is 9.70. The van der Waals surface area contributed by atoms with Gasteiger partial charge in [0.05, 0.1) is 11.6 Å². The monoisotopic (exact) mass is 301 g/mol. The smallest absolute Gasteiger partial charge is 0.419 e. The molecule has 0 spiro atoms. The predicted molar refractivity (Wildman–Crippen MR) is 68.2 cm³/mol. The third-order valence-electron chi connectivity index (χ3n) is 3.01. The van der Waals surface area contributed by atoms with Crippen molar-refractivity contribution in [2.75, 3.05) is 0 Å². The number of nitrogens with two attached hydrogens (primary N) is 1. The van der Waals surface area contributed by atoms with E-state index in [1.807, 2.05) is 13.8 Å². The lowest BCUT2D eigenvalue weighted by Gasteiger charge is -2.10. The molecule has 0 fully saturated rings. The van der Waals surface area contributed by atoms with Gasteiger partial charge in [-0.3, -0.25) is 0 Å². The van der Waals surface area contributed by atoms with Gasteiger partial charge in [-0.2, -0.15) is 18.2 Å². The van der Waals surface area contributed by atoms with Crippen LogP contribution in [0.25, 0.3) is 11.4 Å². The van der Waals surface area contributed by atoms with Crippen LogP contribution in [-0.2, 0) is 6.18 Å². The van der Waals surface area contributed by atoms with Crippen molar-refractivity contribution in [1.29, 1.82) is 0 Å². The first-order valence-corrected chi connectivity index (χ1v) is 6.20. The predicted octanol–water partition coefficient (Wildman–Crippen LogP) is 3.12. The largest absolute Gasteiger partial charge is 0.507 e. The van der Waals surface area contributed by atoms with Crippen LogP contribution in [0.5, 0.6) is 5.75 Å². The summed E-state index contributed by atoms with van der Waals surface area (Å²) < 4.78 is 43.2. The average Bonchev–Trinajstić information content (AvgIpc) is 2.86. The number of hydrogen-bond donors (Lipinski definition) is 2. The Morgan fingerprint density at radius 1 is 1.29 bits per heavy atom. The van der Waals surface area contributed by atoms with E-state index in [-0.39, 0.29) is 23.2 Å². The molecule has 5 nitrogen and oxygen atoms in total. The van der Waals surface area contributed by atoms with Gasteiger partial charge >= 0.3 is 6.18 Å². The van der Waals surface area contributed by atoms with Gasteiger partial charge in [-0.25, -0.2) is 0 Å². The lowest BCUT2D eigenvalue weighted by atomic mass is 10.1. The van der Waals surface area contributed by atoms with Crippen molar-refractivity contribution >= 4 is 0 Å². The SMILES string of the molecule is CC(C)[C@@H](N)c1nc(-c2ccc(O)c(C(F)(F)F)c2)no1. The fourth-order valence-electron chi connectivity index (χ4n) is 1.68. The standard InChI is InChI=1S/C13H14F3N3O2/c1-6(2)10(17)12-18-11(19-21-12)7-3-4-9(20)8(5-7)13(14,15)16/h3-6,10,20H,17H2,1-2H3/t10-/m1/s1. The average molecular weight is 301 g/mol. The maximum atomic E-state index is 12.7. The molecule has 114 valence electrons. The van der Waals surface area contributed by atoms with Crippen molar-refractivity contribution < 1.29 is 22.8 Å². The van der Waals surface area contributed by atoms with Crippen LogP contribution >= 0.6 is 0 Å². The molecule has 3 N–H and O–H groups in total. The Bertz CT molecular complexity index is 638. The molecule has 1 atom stereocenters. The summed E-state index contributed by atoms with van der Waals surface area (Å²) in [6.07, 6.45) is -4.67. The molecular formula is C13H14F3N3O2. The molecule has 0 saturated carbocycles. The Morgan fingerprint density at radius 3 is 2.52 bits per heavy atom. The molecule has 0 unspecified atom stereocenters. The van der Waals surface area contributed by atoms with Crippen LogP contribution in [0.15, 0.2) is 22.7 Å². The Hall–Kier alpha value is -2.09. The number of nitrogens with zero attached hydrogens (tertiary/aromatic N) is 2. The van der Waals surface area contributed by atoms with Gasteiger partial charge in [0.2, 0.25) is 11.7 Å². The van der Waals surface area contributed by atoms with Crippen molar-refractivity contribution in [2.45, 2.75) is 26.1 Å². The summed E-state index contributed by atoms with van der Waals surface area (Å²) in [5, 5.41) is 12.9. The molecule has 0 radical (unpaired) electrons. The van der Waals surface area contributed by atoms with Crippen LogP contribution in [0, 0.1) is 5.92 Å². The molecule has 0 aliphatic rings. The van der Waals surface area contributed by atoms with Gasteiger partial charge in [0.1, 0.15) is 5.75 Å². The summed E-state index contributed by atoms with van der Waals surface area (Å²) in [7, 11) is 0. The van der Waals surface area contributed by atoms with Crippen LogP contribution in [0.4, 0.5) is 13.2 Å². The van der Waals surface area contributed by atoms with Crippen LogP contribution in [0.2, 0.25) is 0 Å². The van der Waals surface area contributed by atoms with Crippen molar-refractivity contribution in [3.05, 3.63) is 29.7 Å². The molecule has 8 heteroatoms. The Labute approximate surface area is 118 Å². The van der Waals surface area contributed by atoms with Crippen molar-refractivity contribution in [3.63, 3.8) is 0 Å². The van der Waals surface area contributed by atoms with Gasteiger partial charge in [0, 0.05) is 5.56 Å². The summed E-state index contributed by atoms with van der Waals surface area (Å²) in [5.74, 6) is -0.661. The number of halogens is 3. The van der Waals surface area contributed by atoms with E-state index < -0.39 is 23.5 Å². The second kappa shape index (κ2) is 5.36. The van der Waals surface area contributed by atoms with E-state index in [4.69, 9.17) is 10.3 Å². The van der Waals surface area contributed by atoms with Crippen LogP contribution < -0.4 is 5.73 Å². The first kappa shape index (κ1) is 15.3. The normalized spacial score (nSPS) is 13.7. The minimum absolute atomic E-state index is 0.00778. The van der Waals surface area contributed by atoms with Gasteiger partial charge in [0.15, 0.2) is 0 Å². The molecule has 1 heterocycles. The zero-order valence-electron chi connectivity index (χ0n) is 11.3. The molecular weight excluding hydrogens is 287 g/mol. The van der Waals surface area contributed by atoms with Crippen molar-refractivity contribution in [1.82, 2.24) is 10.1 Å². The quantitative estimate of drug-likeness (QED) is 0.909. The molecule has 0 amide bonds. The highest BCUT2D eigenvalue weighted by atomic mass is 19.4. The topological polar surface area (TPSA) is 85.2 Å². The highest BCUT2D eigenvalue weighted by molar-refractivity contribution is 5.58. The summed E-state index contributed by atoms with van der Waals surface area (Å²) in [5.41, 5.74) is 4.77. The third-order valence-corrected chi connectivity index (χ3v) is 3.01. The lowest BCUT2D eigenvalue weighted by Crippen LogP contribution is -2.16. The van der Waals surface area contributed by atoms with E-state index in [2.05, 4.69) is 10.1 Å². The highest BCUT2D eigenvalue weighted by Crippen LogP contribution is 2.37. The fourth-order valence-corrected chi connectivity index (χ4v) is 1.68. The molecule has 1 aromatic heterocycles. The van der Waals surface area contributed by atoms with Crippen molar-refractivity contribution in [2.24, 2.45) is 11.7 Å². The number of alkyl halides is 3. The van der Waals surface area contributed by atoms with Crippen LogP contribution in [-0.4, -0.2) is 15.2 Å². The molecule has 2 rings (SSSR count). The number of aromatic nitrogens is 2. The zero-order chi connectivity index (χ0) is 15.8. The van der Waals surface area contributed by atoms with Gasteiger partial charge in [0.25, 0.3) is 0 Å². The molecule has 0 aliphatic carbocycles. The summed E-state index contributed by atoms with van der Waals surface area (Å²) in [6, 6.07) is 2.49. The van der Waals surface area contributed by atoms with E-state index in [0.717, 1.165) is 12.1 Å². The number of hydrogen-bond acceptors (Lipinski definition) is 5. The molecule has 0 aliphatic heterocycles. The van der Waals surface area contributed by atoms with Crippen molar-refractivity contribution in [3.8, 4) is 17.1 Å². The van der Waals surface area contributed by atoms with Crippen LogP contribution in [0.3, 0.4) is 0 Å². The molecule has 0 saturated heterocycles. The Kier molecular flexibility index (Phi) is 3.91. The number of phenols is 1. The fraction of sp³-hybridized carbons (Fsp3) is 0.385. The molecule has 2 aromatic rings. The maximum absolute atomic E-state index is 12.7. The summed E-state index contributed by atoms with van der Waals surface area (Å²) >= 11 is 0. The molecule has 21 heavy (non-hydrogen) atoms. The molecule has 1 aromatic carbocycles. The van der Waals surface area contributed by atoms with E-state index >= 15 is 0 Å². The zero-order valence-corrected chi connectivity index (χ0v) is 11.3. The Balaban J connectivity index is 2.40. The van der Waals surface area contributed by atoms with Gasteiger partial charge in [-0.05, 0) is 24.1 Å². The first-order valence-electron chi connectivity index (χ1n) is 6.20. The number of rotatable bonds is 3. The van der Waals surface area contributed by atoms with E-state index in [0.29, 0.717) is 0 Å². The third kappa shape index (κ3) is 3.15. The molecule has 0 bridgehead atoms. The summed E-state index contributed by atoms with van der Waals surface area (Å²) in [4.78, 5) is 4.00. The highest BCUT2D eigenvalue weighted by Gasteiger charge is 2.34. The minimum Gasteiger partial charge on any atom is -0.507 e. The van der Waals surface area contributed by atoms with Gasteiger partial charge < -0.3 is 15.4 Å². The van der Waals surface area contributed by atoms with E-state index in [1.165, 1.54) is 6.07 Å². The lowest BCUT2D eigenvalue weighted by molar-refractivity contribution is -0.138. The second-order valence-electron chi connectivity index (χ2n) is 4.96. The van der Waals surface area contributed by atoms with E-state index in [9.17, 15) is 18.3 Å². The Morgan fingerprint density at radius 2 is 1.95 bits per heavy atom. The van der Waals surface area contributed by atoms with E-state index in [1.54, 1.807) is 0 Å². The maximum Gasteiger partial charge on any atom is 0.419 e.